The predicted octanol–water partition coefficient (Wildman–Crippen LogP) is 1.96. The SMILES string of the molecule is Cc1c(C(F)F)ncc(CO)c1F. The topological polar surface area (TPSA) is 33.1 Å². The van der Waals surface area contributed by atoms with E-state index in [1.54, 1.807) is 0 Å². The van der Waals surface area contributed by atoms with Crippen LogP contribution in [0.4, 0.5) is 13.2 Å². The fourth-order valence-electron chi connectivity index (χ4n) is 0.984. The van der Waals surface area contributed by atoms with Crippen molar-refractivity contribution in [1.29, 1.82) is 0 Å². The molecular weight excluding hydrogens is 183 g/mol. The molecule has 0 atom stereocenters. The minimum absolute atomic E-state index is 0.0677. The Morgan fingerprint density at radius 1 is 1.54 bits per heavy atom. The number of hydrogen-bond acceptors (Lipinski definition) is 2. The number of halogens is 3. The molecule has 1 N–H and O–H groups in total. The number of rotatable bonds is 2. The van der Waals surface area contributed by atoms with Gasteiger partial charge in [0.1, 0.15) is 11.5 Å². The number of alkyl halides is 2. The fraction of sp³-hybridized carbons (Fsp3) is 0.375. The monoisotopic (exact) mass is 191 g/mol. The standard InChI is InChI=1S/C8H8F3NO/c1-4-6(9)5(3-13)2-12-7(4)8(10)11/h2,8,13H,3H2,1H3. The van der Waals surface area contributed by atoms with Gasteiger partial charge < -0.3 is 5.11 Å². The number of aliphatic hydroxyl groups excluding tert-OH is 1. The van der Waals surface area contributed by atoms with Gasteiger partial charge in [-0.2, -0.15) is 0 Å². The molecule has 0 aliphatic heterocycles. The van der Waals surface area contributed by atoms with E-state index in [2.05, 4.69) is 4.98 Å². The maximum absolute atomic E-state index is 13.1. The molecule has 5 heteroatoms. The van der Waals surface area contributed by atoms with Crippen molar-refractivity contribution in [2.24, 2.45) is 0 Å². The van der Waals surface area contributed by atoms with Crippen LogP contribution in [0, 0.1) is 12.7 Å². The zero-order chi connectivity index (χ0) is 10.0. The van der Waals surface area contributed by atoms with Crippen LogP contribution in [0.2, 0.25) is 0 Å². The molecule has 0 aliphatic carbocycles. The summed E-state index contributed by atoms with van der Waals surface area (Å²) in [7, 11) is 0. The summed E-state index contributed by atoms with van der Waals surface area (Å²) < 4.78 is 37.4. The van der Waals surface area contributed by atoms with Gasteiger partial charge in [0.15, 0.2) is 0 Å². The molecule has 0 spiro atoms. The van der Waals surface area contributed by atoms with Crippen LogP contribution in [0.25, 0.3) is 0 Å². The molecule has 72 valence electrons. The van der Waals surface area contributed by atoms with Gasteiger partial charge in [-0.15, -0.1) is 0 Å². The van der Waals surface area contributed by atoms with Gasteiger partial charge in [0.25, 0.3) is 6.43 Å². The second kappa shape index (κ2) is 3.74. The van der Waals surface area contributed by atoms with E-state index in [1.807, 2.05) is 0 Å². The van der Waals surface area contributed by atoms with E-state index < -0.39 is 24.5 Å². The van der Waals surface area contributed by atoms with Crippen molar-refractivity contribution in [3.63, 3.8) is 0 Å². The zero-order valence-electron chi connectivity index (χ0n) is 6.89. The number of hydrogen-bond donors (Lipinski definition) is 1. The summed E-state index contributed by atoms with van der Waals surface area (Å²) in [6, 6.07) is 0. The number of nitrogens with zero attached hydrogens (tertiary/aromatic N) is 1. The largest absolute Gasteiger partial charge is 0.392 e. The highest BCUT2D eigenvalue weighted by atomic mass is 19.3. The first-order valence-electron chi connectivity index (χ1n) is 3.60. The van der Waals surface area contributed by atoms with E-state index in [-0.39, 0.29) is 11.1 Å². The smallest absolute Gasteiger partial charge is 0.280 e. The summed E-state index contributed by atoms with van der Waals surface area (Å²) in [5.41, 5.74) is -0.849. The van der Waals surface area contributed by atoms with Gasteiger partial charge in [0.2, 0.25) is 0 Å². The van der Waals surface area contributed by atoms with E-state index in [0.29, 0.717) is 0 Å². The molecule has 0 aromatic carbocycles. The quantitative estimate of drug-likeness (QED) is 0.775. The average molecular weight is 191 g/mol. The lowest BCUT2D eigenvalue weighted by Gasteiger charge is -2.06. The second-order valence-electron chi connectivity index (χ2n) is 2.57. The van der Waals surface area contributed by atoms with Gasteiger partial charge in [-0.1, -0.05) is 0 Å². The van der Waals surface area contributed by atoms with Crippen LogP contribution in [0.3, 0.4) is 0 Å². The van der Waals surface area contributed by atoms with Crippen LogP contribution in [-0.4, -0.2) is 10.1 Å². The third kappa shape index (κ3) is 1.80. The number of aliphatic hydroxyl groups is 1. The van der Waals surface area contributed by atoms with Gasteiger partial charge in [-0.3, -0.25) is 4.98 Å². The van der Waals surface area contributed by atoms with Gasteiger partial charge >= 0.3 is 0 Å². The van der Waals surface area contributed by atoms with Crippen molar-refractivity contribution in [2.75, 3.05) is 0 Å². The average Bonchev–Trinajstić information content (AvgIpc) is 2.09. The number of pyridine rings is 1. The van der Waals surface area contributed by atoms with Gasteiger partial charge in [0.05, 0.1) is 6.61 Å². The predicted molar refractivity (Wildman–Crippen MR) is 39.8 cm³/mol. The normalized spacial score (nSPS) is 10.9. The molecule has 1 aromatic heterocycles. The molecule has 1 aromatic rings. The maximum Gasteiger partial charge on any atom is 0.280 e. The van der Waals surface area contributed by atoms with E-state index in [4.69, 9.17) is 5.11 Å². The van der Waals surface area contributed by atoms with Crippen LogP contribution in [-0.2, 0) is 6.61 Å². The van der Waals surface area contributed by atoms with E-state index in [9.17, 15) is 13.2 Å². The molecule has 0 amide bonds. The lowest BCUT2D eigenvalue weighted by atomic mass is 10.1. The van der Waals surface area contributed by atoms with Crippen molar-refractivity contribution in [2.45, 2.75) is 20.0 Å². The zero-order valence-corrected chi connectivity index (χ0v) is 6.89. The Hall–Kier alpha value is -1.10. The Morgan fingerprint density at radius 2 is 2.15 bits per heavy atom. The van der Waals surface area contributed by atoms with E-state index in [1.165, 1.54) is 6.92 Å². The van der Waals surface area contributed by atoms with Crippen molar-refractivity contribution in [1.82, 2.24) is 4.98 Å². The molecule has 2 nitrogen and oxygen atoms in total. The molecular formula is C8H8F3NO. The van der Waals surface area contributed by atoms with Crippen LogP contribution >= 0.6 is 0 Å². The summed E-state index contributed by atoms with van der Waals surface area (Å²) in [4.78, 5) is 3.36. The van der Waals surface area contributed by atoms with Crippen LogP contribution in [0.15, 0.2) is 6.20 Å². The Kier molecular flexibility index (Phi) is 2.87. The molecule has 1 heterocycles. The Morgan fingerprint density at radius 3 is 2.62 bits per heavy atom. The van der Waals surface area contributed by atoms with Crippen LogP contribution < -0.4 is 0 Å². The summed E-state index contributed by atoms with van der Waals surface area (Å²) in [6.45, 7) is 0.673. The van der Waals surface area contributed by atoms with Gasteiger partial charge in [0, 0.05) is 17.3 Å². The molecule has 0 fully saturated rings. The lowest BCUT2D eigenvalue weighted by Crippen LogP contribution is -2.02. The van der Waals surface area contributed by atoms with Crippen LogP contribution in [0.1, 0.15) is 23.2 Å². The highest BCUT2D eigenvalue weighted by Gasteiger charge is 2.17. The molecule has 0 unspecified atom stereocenters. The van der Waals surface area contributed by atoms with Crippen molar-refractivity contribution < 1.29 is 18.3 Å². The molecule has 1 rings (SSSR count). The molecule has 0 saturated carbocycles. The molecule has 0 bridgehead atoms. The summed E-state index contributed by atoms with van der Waals surface area (Å²) in [5.74, 6) is -0.812. The van der Waals surface area contributed by atoms with Crippen molar-refractivity contribution in [3.05, 3.63) is 28.8 Å². The summed E-state index contributed by atoms with van der Waals surface area (Å²) >= 11 is 0. The second-order valence-corrected chi connectivity index (χ2v) is 2.57. The summed E-state index contributed by atoms with van der Waals surface area (Å²) in [5, 5.41) is 8.60. The Balaban J connectivity index is 3.23. The van der Waals surface area contributed by atoms with Crippen molar-refractivity contribution >= 4 is 0 Å². The van der Waals surface area contributed by atoms with Crippen molar-refractivity contribution in [3.8, 4) is 0 Å². The highest BCUT2D eigenvalue weighted by Crippen LogP contribution is 2.23. The fourth-order valence-corrected chi connectivity index (χ4v) is 0.984. The molecule has 0 saturated heterocycles. The first-order valence-corrected chi connectivity index (χ1v) is 3.60. The van der Waals surface area contributed by atoms with Crippen LogP contribution in [0.5, 0.6) is 0 Å². The first-order chi connectivity index (χ1) is 6.07. The number of aromatic nitrogens is 1. The Bertz CT molecular complexity index is 315. The lowest BCUT2D eigenvalue weighted by molar-refractivity contribution is 0.144. The minimum atomic E-state index is -2.79. The highest BCUT2D eigenvalue weighted by molar-refractivity contribution is 5.26. The Labute approximate surface area is 73.0 Å². The first kappa shape index (κ1) is 9.98. The molecule has 0 radical (unpaired) electrons. The van der Waals surface area contributed by atoms with E-state index in [0.717, 1.165) is 6.20 Å². The third-order valence-corrected chi connectivity index (χ3v) is 1.73. The molecule has 0 aliphatic rings. The minimum Gasteiger partial charge on any atom is -0.392 e. The van der Waals surface area contributed by atoms with Gasteiger partial charge in [-0.25, -0.2) is 13.2 Å². The summed E-state index contributed by atoms with van der Waals surface area (Å²) in [6.07, 6.45) is -1.87. The third-order valence-electron chi connectivity index (χ3n) is 1.73. The molecule has 13 heavy (non-hydrogen) atoms. The van der Waals surface area contributed by atoms with E-state index >= 15 is 0 Å². The maximum atomic E-state index is 13.1. The van der Waals surface area contributed by atoms with Gasteiger partial charge in [-0.05, 0) is 6.92 Å².